The average molecular weight is 262 g/mol. The van der Waals surface area contributed by atoms with Crippen molar-refractivity contribution in [2.45, 2.75) is 44.3 Å². The summed E-state index contributed by atoms with van der Waals surface area (Å²) in [6, 6.07) is 0. The Kier molecular flexibility index (Phi) is 3.94. The van der Waals surface area contributed by atoms with E-state index in [2.05, 4.69) is 10.3 Å². The van der Waals surface area contributed by atoms with Crippen molar-refractivity contribution in [2.75, 3.05) is 7.05 Å². The van der Waals surface area contributed by atoms with Crippen LogP contribution in [-0.4, -0.2) is 18.2 Å². The standard InChI is InChI=1S/C12H17F3N2O/c1-16-6-10-11(18-7-17-10)8-2-4-9(5-3-8)12(13,14)15/h7-9,16H,2-6H2,1H3. The molecule has 1 heterocycles. The molecular weight excluding hydrogens is 245 g/mol. The Hall–Kier alpha value is -1.04. The van der Waals surface area contributed by atoms with Gasteiger partial charge in [0.1, 0.15) is 5.76 Å². The van der Waals surface area contributed by atoms with E-state index in [-0.39, 0.29) is 18.8 Å². The minimum Gasteiger partial charge on any atom is -0.448 e. The van der Waals surface area contributed by atoms with Crippen molar-refractivity contribution >= 4 is 0 Å². The number of rotatable bonds is 3. The van der Waals surface area contributed by atoms with Gasteiger partial charge in [0, 0.05) is 12.5 Å². The summed E-state index contributed by atoms with van der Waals surface area (Å²) in [7, 11) is 1.80. The van der Waals surface area contributed by atoms with Crippen molar-refractivity contribution in [3.05, 3.63) is 17.8 Å². The second-order valence-electron chi connectivity index (χ2n) is 4.78. The summed E-state index contributed by atoms with van der Waals surface area (Å²) in [6.45, 7) is 0.588. The maximum atomic E-state index is 12.6. The van der Waals surface area contributed by atoms with Crippen molar-refractivity contribution in [3.8, 4) is 0 Å². The molecule has 0 aliphatic heterocycles. The van der Waals surface area contributed by atoms with Gasteiger partial charge in [0.05, 0.1) is 11.6 Å². The summed E-state index contributed by atoms with van der Waals surface area (Å²) in [5.74, 6) is -0.316. The topological polar surface area (TPSA) is 38.1 Å². The molecule has 1 N–H and O–H groups in total. The van der Waals surface area contributed by atoms with Crippen molar-refractivity contribution in [1.29, 1.82) is 0 Å². The van der Waals surface area contributed by atoms with E-state index in [0.29, 0.717) is 19.4 Å². The molecule has 1 aliphatic rings. The molecule has 2 rings (SSSR count). The van der Waals surface area contributed by atoms with E-state index < -0.39 is 12.1 Å². The van der Waals surface area contributed by atoms with E-state index in [0.717, 1.165) is 11.5 Å². The molecule has 3 nitrogen and oxygen atoms in total. The van der Waals surface area contributed by atoms with Crippen LogP contribution in [0.2, 0.25) is 0 Å². The lowest BCUT2D eigenvalue weighted by molar-refractivity contribution is -0.182. The summed E-state index contributed by atoms with van der Waals surface area (Å²) in [5, 5.41) is 2.98. The third-order valence-electron chi connectivity index (χ3n) is 3.58. The molecule has 1 aromatic heterocycles. The molecule has 0 atom stereocenters. The van der Waals surface area contributed by atoms with E-state index >= 15 is 0 Å². The van der Waals surface area contributed by atoms with Gasteiger partial charge in [-0.1, -0.05) is 0 Å². The van der Waals surface area contributed by atoms with E-state index in [1.807, 2.05) is 0 Å². The summed E-state index contributed by atoms with van der Waals surface area (Å²) in [4.78, 5) is 4.10. The van der Waals surface area contributed by atoms with Gasteiger partial charge in [0.15, 0.2) is 6.39 Å². The predicted octanol–water partition coefficient (Wildman–Crippen LogP) is 3.23. The summed E-state index contributed by atoms with van der Waals surface area (Å²) in [5.41, 5.74) is 0.813. The molecule has 102 valence electrons. The number of aromatic nitrogens is 1. The minimum atomic E-state index is -4.06. The highest BCUT2D eigenvalue weighted by atomic mass is 19.4. The van der Waals surface area contributed by atoms with Gasteiger partial charge in [-0.05, 0) is 32.7 Å². The number of hydrogen-bond donors (Lipinski definition) is 1. The van der Waals surface area contributed by atoms with Crippen molar-refractivity contribution in [3.63, 3.8) is 0 Å². The minimum absolute atomic E-state index is 0.0782. The smallest absolute Gasteiger partial charge is 0.391 e. The van der Waals surface area contributed by atoms with Crippen LogP contribution in [0.1, 0.15) is 43.1 Å². The van der Waals surface area contributed by atoms with Gasteiger partial charge in [-0.25, -0.2) is 4.98 Å². The number of oxazole rings is 1. The van der Waals surface area contributed by atoms with Gasteiger partial charge in [-0.3, -0.25) is 0 Å². The van der Waals surface area contributed by atoms with Crippen LogP contribution in [0.4, 0.5) is 13.2 Å². The molecule has 6 heteroatoms. The lowest BCUT2D eigenvalue weighted by atomic mass is 9.80. The van der Waals surface area contributed by atoms with Crippen LogP contribution >= 0.6 is 0 Å². The molecule has 1 aliphatic carbocycles. The zero-order valence-electron chi connectivity index (χ0n) is 10.3. The van der Waals surface area contributed by atoms with Gasteiger partial charge in [0.2, 0.25) is 0 Å². The van der Waals surface area contributed by atoms with Gasteiger partial charge in [0.25, 0.3) is 0 Å². The van der Waals surface area contributed by atoms with Gasteiger partial charge < -0.3 is 9.73 Å². The normalized spacial score (nSPS) is 25.3. The Balaban J connectivity index is 1.99. The molecule has 0 radical (unpaired) electrons. The first-order valence-corrected chi connectivity index (χ1v) is 6.16. The molecule has 0 amide bonds. The van der Waals surface area contributed by atoms with Gasteiger partial charge >= 0.3 is 6.18 Å². The Labute approximate surface area is 104 Å². The highest BCUT2D eigenvalue weighted by Gasteiger charge is 2.42. The van der Waals surface area contributed by atoms with Crippen LogP contribution in [-0.2, 0) is 6.54 Å². The van der Waals surface area contributed by atoms with E-state index in [9.17, 15) is 13.2 Å². The van der Waals surface area contributed by atoms with Crippen LogP contribution in [0.15, 0.2) is 10.8 Å². The first-order chi connectivity index (χ1) is 8.52. The molecule has 0 aromatic carbocycles. The second-order valence-corrected chi connectivity index (χ2v) is 4.78. The molecule has 0 saturated heterocycles. The van der Waals surface area contributed by atoms with Crippen LogP contribution in [0.3, 0.4) is 0 Å². The average Bonchev–Trinajstić information content (AvgIpc) is 2.77. The van der Waals surface area contributed by atoms with Crippen molar-refractivity contribution in [1.82, 2.24) is 10.3 Å². The number of hydrogen-bond acceptors (Lipinski definition) is 3. The molecule has 1 saturated carbocycles. The number of nitrogens with zero attached hydrogens (tertiary/aromatic N) is 1. The lowest BCUT2D eigenvalue weighted by Gasteiger charge is -2.29. The second kappa shape index (κ2) is 5.30. The quantitative estimate of drug-likeness (QED) is 0.908. The van der Waals surface area contributed by atoms with Gasteiger partial charge in [-0.15, -0.1) is 0 Å². The largest absolute Gasteiger partial charge is 0.448 e. The molecule has 0 spiro atoms. The Morgan fingerprint density at radius 2 is 2.00 bits per heavy atom. The number of nitrogens with one attached hydrogen (secondary N) is 1. The van der Waals surface area contributed by atoms with Crippen molar-refractivity contribution in [2.24, 2.45) is 5.92 Å². The Bertz CT molecular complexity index is 381. The third-order valence-corrected chi connectivity index (χ3v) is 3.58. The fourth-order valence-corrected chi connectivity index (χ4v) is 2.59. The summed E-state index contributed by atoms with van der Waals surface area (Å²) >= 11 is 0. The number of alkyl halides is 3. The predicted molar refractivity (Wildman–Crippen MR) is 60.0 cm³/mol. The highest BCUT2D eigenvalue weighted by molar-refractivity contribution is 5.13. The van der Waals surface area contributed by atoms with E-state index in [4.69, 9.17) is 4.42 Å². The van der Waals surface area contributed by atoms with E-state index in [1.165, 1.54) is 6.39 Å². The fraction of sp³-hybridized carbons (Fsp3) is 0.750. The van der Waals surface area contributed by atoms with Crippen LogP contribution < -0.4 is 5.32 Å². The third kappa shape index (κ3) is 2.85. The van der Waals surface area contributed by atoms with Crippen LogP contribution in [0.25, 0.3) is 0 Å². The maximum Gasteiger partial charge on any atom is 0.391 e. The fourth-order valence-electron chi connectivity index (χ4n) is 2.59. The summed E-state index contributed by atoms with van der Waals surface area (Å²) in [6.07, 6.45) is -1.26. The summed E-state index contributed by atoms with van der Waals surface area (Å²) < 4.78 is 43.0. The van der Waals surface area contributed by atoms with E-state index in [1.54, 1.807) is 7.05 Å². The van der Waals surface area contributed by atoms with Crippen LogP contribution in [0, 0.1) is 5.92 Å². The molecule has 1 fully saturated rings. The first kappa shape index (κ1) is 13.4. The van der Waals surface area contributed by atoms with Gasteiger partial charge in [-0.2, -0.15) is 13.2 Å². The Morgan fingerprint density at radius 3 is 2.56 bits per heavy atom. The van der Waals surface area contributed by atoms with Crippen LogP contribution in [0.5, 0.6) is 0 Å². The molecule has 18 heavy (non-hydrogen) atoms. The zero-order chi connectivity index (χ0) is 13.2. The van der Waals surface area contributed by atoms with Crippen molar-refractivity contribution < 1.29 is 17.6 Å². The maximum absolute atomic E-state index is 12.6. The monoisotopic (exact) mass is 262 g/mol. The molecular formula is C12H17F3N2O. The molecule has 1 aromatic rings. The zero-order valence-corrected chi connectivity index (χ0v) is 10.3. The lowest BCUT2D eigenvalue weighted by Crippen LogP contribution is -2.27. The SMILES string of the molecule is CNCc1ncoc1C1CCC(C(F)(F)F)CC1. The first-order valence-electron chi connectivity index (χ1n) is 6.16. The Morgan fingerprint density at radius 1 is 1.33 bits per heavy atom. The molecule has 0 unspecified atom stereocenters. The number of halogens is 3. The molecule has 0 bridgehead atoms. The highest BCUT2D eigenvalue weighted by Crippen LogP contribution is 2.43.